The average molecular weight is 250 g/mol. The summed E-state index contributed by atoms with van der Waals surface area (Å²) in [5, 5.41) is 0. The van der Waals surface area contributed by atoms with Crippen molar-refractivity contribution in [1.82, 2.24) is 0 Å². The summed E-state index contributed by atoms with van der Waals surface area (Å²) in [6.07, 6.45) is 9.16. The van der Waals surface area contributed by atoms with Crippen molar-refractivity contribution in [3.05, 3.63) is 35.5 Å². The summed E-state index contributed by atoms with van der Waals surface area (Å²) in [6.45, 7) is 7.27. The SMILES string of the molecule is CC(=O)C=CC=C(C)CC/C=C(\C)COC(C)=O. The largest absolute Gasteiger partial charge is 0.461 e. The van der Waals surface area contributed by atoms with E-state index >= 15 is 0 Å². The van der Waals surface area contributed by atoms with Gasteiger partial charge in [0, 0.05) is 6.92 Å². The van der Waals surface area contributed by atoms with Crippen LogP contribution in [0.1, 0.15) is 40.5 Å². The van der Waals surface area contributed by atoms with Crippen LogP contribution in [0.15, 0.2) is 35.5 Å². The van der Waals surface area contributed by atoms with Gasteiger partial charge in [-0.25, -0.2) is 0 Å². The number of ketones is 1. The molecule has 0 aliphatic rings. The molecule has 0 fully saturated rings. The number of carbonyl (C=O) groups is 2. The van der Waals surface area contributed by atoms with Crippen molar-refractivity contribution in [2.45, 2.75) is 40.5 Å². The molecule has 0 saturated heterocycles. The number of hydrogen-bond acceptors (Lipinski definition) is 3. The third-order valence-corrected chi connectivity index (χ3v) is 2.25. The summed E-state index contributed by atoms with van der Waals surface area (Å²) < 4.78 is 4.88. The molecule has 3 heteroatoms. The Bertz CT molecular complexity index is 373. The van der Waals surface area contributed by atoms with Crippen molar-refractivity contribution < 1.29 is 14.3 Å². The number of hydrogen-bond donors (Lipinski definition) is 0. The molecular weight excluding hydrogens is 228 g/mol. The first kappa shape index (κ1) is 16.4. The Morgan fingerprint density at radius 2 is 1.72 bits per heavy atom. The highest BCUT2D eigenvalue weighted by atomic mass is 16.5. The fourth-order valence-electron chi connectivity index (χ4n) is 1.25. The van der Waals surface area contributed by atoms with Crippen LogP contribution in [0.25, 0.3) is 0 Å². The topological polar surface area (TPSA) is 43.4 Å². The van der Waals surface area contributed by atoms with E-state index in [0.717, 1.165) is 18.4 Å². The molecule has 0 bridgehead atoms. The minimum Gasteiger partial charge on any atom is -0.461 e. The lowest BCUT2D eigenvalue weighted by molar-refractivity contribution is -0.140. The molecule has 0 unspecified atom stereocenters. The number of ether oxygens (including phenoxy) is 1. The van der Waals surface area contributed by atoms with Gasteiger partial charge in [0.05, 0.1) is 0 Å². The van der Waals surface area contributed by atoms with E-state index in [-0.39, 0.29) is 11.8 Å². The molecule has 0 saturated carbocycles. The van der Waals surface area contributed by atoms with Gasteiger partial charge in [0.2, 0.25) is 0 Å². The zero-order chi connectivity index (χ0) is 14.0. The van der Waals surface area contributed by atoms with Crippen LogP contribution >= 0.6 is 0 Å². The number of rotatable bonds is 7. The van der Waals surface area contributed by atoms with Gasteiger partial charge in [-0.3, -0.25) is 9.59 Å². The molecule has 0 atom stereocenters. The second-order valence-electron chi connectivity index (χ2n) is 4.35. The minimum atomic E-state index is -0.256. The molecule has 0 heterocycles. The average Bonchev–Trinajstić information content (AvgIpc) is 2.25. The van der Waals surface area contributed by atoms with E-state index in [1.165, 1.54) is 19.4 Å². The van der Waals surface area contributed by atoms with Gasteiger partial charge in [0.1, 0.15) is 6.61 Å². The van der Waals surface area contributed by atoms with E-state index in [1.807, 2.05) is 19.9 Å². The molecule has 0 amide bonds. The fourth-order valence-corrected chi connectivity index (χ4v) is 1.25. The Morgan fingerprint density at radius 3 is 2.28 bits per heavy atom. The zero-order valence-electron chi connectivity index (χ0n) is 11.7. The Labute approximate surface area is 109 Å². The van der Waals surface area contributed by atoms with E-state index in [0.29, 0.717) is 6.61 Å². The molecule has 0 aliphatic carbocycles. The van der Waals surface area contributed by atoms with E-state index in [9.17, 15) is 9.59 Å². The van der Waals surface area contributed by atoms with E-state index in [1.54, 1.807) is 12.2 Å². The highest BCUT2D eigenvalue weighted by Crippen LogP contribution is 2.07. The van der Waals surface area contributed by atoms with E-state index in [2.05, 4.69) is 6.08 Å². The zero-order valence-corrected chi connectivity index (χ0v) is 11.7. The number of carbonyl (C=O) groups excluding carboxylic acids is 2. The van der Waals surface area contributed by atoms with Crippen LogP contribution in [-0.4, -0.2) is 18.4 Å². The third kappa shape index (κ3) is 10.9. The summed E-state index contributed by atoms with van der Waals surface area (Å²) in [5.74, 6) is -0.204. The molecule has 0 radical (unpaired) electrons. The van der Waals surface area contributed by atoms with Crippen LogP contribution in [0.3, 0.4) is 0 Å². The Hall–Kier alpha value is -1.64. The second-order valence-corrected chi connectivity index (χ2v) is 4.35. The maximum Gasteiger partial charge on any atom is 0.302 e. The minimum absolute atomic E-state index is 0.0520. The lowest BCUT2D eigenvalue weighted by atomic mass is 10.1. The fraction of sp³-hybridized carbons (Fsp3) is 0.467. The molecule has 0 rings (SSSR count). The lowest BCUT2D eigenvalue weighted by Crippen LogP contribution is -2.01. The third-order valence-electron chi connectivity index (χ3n) is 2.25. The van der Waals surface area contributed by atoms with Crippen molar-refractivity contribution >= 4 is 11.8 Å². The van der Waals surface area contributed by atoms with Gasteiger partial charge in [0.15, 0.2) is 5.78 Å². The van der Waals surface area contributed by atoms with Crippen LogP contribution in [0.2, 0.25) is 0 Å². The van der Waals surface area contributed by atoms with Crippen LogP contribution in [0.5, 0.6) is 0 Å². The summed E-state index contributed by atoms with van der Waals surface area (Å²) >= 11 is 0. The smallest absolute Gasteiger partial charge is 0.302 e. The van der Waals surface area contributed by atoms with Crippen molar-refractivity contribution in [3.8, 4) is 0 Å². The van der Waals surface area contributed by atoms with Crippen LogP contribution in [0, 0.1) is 0 Å². The monoisotopic (exact) mass is 250 g/mol. The molecular formula is C15H22O3. The first-order chi connectivity index (χ1) is 8.41. The van der Waals surface area contributed by atoms with Crippen molar-refractivity contribution in [3.63, 3.8) is 0 Å². The maximum atomic E-state index is 10.7. The Morgan fingerprint density at radius 1 is 1.06 bits per heavy atom. The normalized spacial score (nSPS) is 12.9. The van der Waals surface area contributed by atoms with Crippen LogP contribution < -0.4 is 0 Å². The molecule has 3 nitrogen and oxygen atoms in total. The first-order valence-corrected chi connectivity index (χ1v) is 6.05. The second kappa shape index (κ2) is 9.40. The molecule has 0 spiro atoms. The van der Waals surface area contributed by atoms with Gasteiger partial charge in [-0.05, 0) is 45.3 Å². The summed E-state index contributed by atoms with van der Waals surface area (Å²) in [5.41, 5.74) is 2.27. The summed E-state index contributed by atoms with van der Waals surface area (Å²) in [4.78, 5) is 21.3. The number of esters is 1. The molecule has 0 aromatic rings. The van der Waals surface area contributed by atoms with E-state index < -0.39 is 0 Å². The van der Waals surface area contributed by atoms with Gasteiger partial charge in [-0.2, -0.15) is 0 Å². The molecule has 0 aliphatic heterocycles. The highest BCUT2D eigenvalue weighted by Gasteiger charge is 1.94. The van der Waals surface area contributed by atoms with Gasteiger partial charge in [-0.15, -0.1) is 0 Å². The van der Waals surface area contributed by atoms with Crippen molar-refractivity contribution in [1.29, 1.82) is 0 Å². The molecule has 100 valence electrons. The van der Waals surface area contributed by atoms with E-state index in [4.69, 9.17) is 4.74 Å². The predicted octanol–water partition coefficient (Wildman–Crippen LogP) is 3.37. The van der Waals surface area contributed by atoms with Gasteiger partial charge in [0.25, 0.3) is 0 Å². The summed E-state index contributed by atoms with van der Waals surface area (Å²) in [7, 11) is 0. The first-order valence-electron chi connectivity index (χ1n) is 6.05. The molecule has 0 N–H and O–H groups in total. The number of allylic oxidation sites excluding steroid dienone is 5. The molecule has 0 aromatic heterocycles. The van der Waals surface area contributed by atoms with Crippen molar-refractivity contribution in [2.75, 3.05) is 6.61 Å². The van der Waals surface area contributed by atoms with Crippen molar-refractivity contribution in [2.24, 2.45) is 0 Å². The Balaban J connectivity index is 3.98. The van der Waals surface area contributed by atoms with Crippen LogP contribution in [0.4, 0.5) is 0 Å². The van der Waals surface area contributed by atoms with Gasteiger partial charge < -0.3 is 4.74 Å². The molecule has 18 heavy (non-hydrogen) atoms. The maximum absolute atomic E-state index is 10.7. The quantitative estimate of drug-likeness (QED) is 0.301. The van der Waals surface area contributed by atoms with Gasteiger partial charge >= 0.3 is 5.97 Å². The molecule has 0 aromatic carbocycles. The lowest BCUT2D eigenvalue weighted by Gasteiger charge is -2.02. The highest BCUT2D eigenvalue weighted by molar-refractivity contribution is 5.87. The summed E-state index contributed by atoms with van der Waals surface area (Å²) in [6, 6.07) is 0. The Kier molecular flexibility index (Phi) is 8.54. The predicted molar refractivity (Wildman–Crippen MR) is 73.2 cm³/mol. The standard InChI is InChI=1S/C15H22O3/c1-12(8-6-10-14(3)16)7-5-9-13(2)11-18-15(4)17/h6,8-10H,5,7,11H2,1-4H3/b10-6?,12-8?,13-9+. The van der Waals surface area contributed by atoms with Crippen LogP contribution in [-0.2, 0) is 14.3 Å². The van der Waals surface area contributed by atoms with Gasteiger partial charge in [-0.1, -0.05) is 23.8 Å².